The maximum Gasteiger partial charge on any atom is 0.127 e. The maximum atomic E-state index is 13.7. The lowest BCUT2D eigenvalue weighted by atomic mass is 9.94. The van der Waals surface area contributed by atoms with Crippen molar-refractivity contribution < 1.29 is 13.9 Å². The Balaban J connectivity index is 1.73. The van der Waals surface area contributed by atoms with Gasteiger partial charge in [-0.05, 0) is 25.1 Å². The number of hydrogen-bond acceptors (Lipinski definition) is 6. The summed E-state index contributed by atoms with van der Waals surface area (Å²) >= 11 is 0. The van der Waals surface area contributed by atoms with E-state index in [0.717, 1.165) is 18.7 Å². The number of morpholine rings is 1. The van der Waals surface area contributed by atoms with Crippen LogP contribution in [-0.4, -0.2) is 54.8 Å². The van der Waals surface area contributed by atoms with E-state index in [9.17, 15) is 4.39 Å². The third-order valence-corrected chi connectivity index (χ3v) is 5.16. The molecule has 0 saturated carbocycles. The van der Waals surface area contributed by atoms with Gasteiger partial charge in [-0.15, -0.1) is 0 Å². The van der Waals surface area contributed by atoms with E-state index in [0.29, 0.717) is 30.4 Å². The molecule has 27 heavy (non-hydrogen) atoms. The van der Waals surface area contributed by atoms with E-state index < -0.39 is 0 Å². The SMILES string of the molecule is CC1CN(C2COc3cc(F)ccc3C2N=C2C=CC=C(N)C2=N)CCO1. The van der Waals surface area contributed by atoms with Crippen molar-refractivity contribution in [3.63, 3.8) is 0 Å². The highest BCUT2D eigenvalue weighted by Crippen LogP contribution is 2.38. The maximum absolute atomic E-state index is 13.7. The van der Waals surface area contributed by atoms with Crippen molar-refractivity contribution >= 4 is 11.4 Å². The molecule has 1 fully saturated rings. The van der Waals surface area contributed by atoms with E-state index in [-0.39, 0.29) is 29.7 Å². The molecular formula is C20H23FN4O2. The molecule has 7 heteroatoms. The first-order chi connectivity index (χ1) is 13.0. The summed E-state index contributed by atoms with van der Waals surface area (Å²) in [5.41, 5.74) is 7.84. The Bertz CT molecular complexity index is 848. The first-order valence-electron chi connectivity index (χ1n) is 9.12. The highest BCUT2D eigenvalue weighted by molar-refractivity contribution is 6.51. The number of rotatable bonds is 2. The molecule has 3 aliphatic rings. The molecule has 0 bridgehead atoms. The van der Waals surface area contributed by atoms with Crippen LogP contribution in [0.15, 0.2) is 47.1 Å². The summed E-state index contributed by atoms with van der Waals surface area (Å²) in [5.74, 6) is 0.174. The molecule has 0 aromatic heterocycles. The number of nitrogens with two attached hydrogens (primary N) is 1. The lowest BCUT2D eigenvalue weighted by molar-refractivity contribution is -0.0476. The van der Waals surface area contributed by atoms with E-state index >= 15 is 0 Å². The average Bonchev–Trinajstić information content (AvgIpc) is 2.65. The van der Waals surface area contributed by atoms with E-state index in [1.165, 1.54) is 12.1 Å². The third-order valence-electron chi connectivity index (χ3n) is 5.16. The molecule has 1 aliphatic carbocycles. The van der Waals surface area contributed by atoms with Gasteiger partial charge in [0.2, 0.25) is 0 Å². The number of hydrogen-bond donors (Lipinski definition) is 2. The Hall–Kier alpha value is -2.51. The van der Waals surface area contributed by atoms with Gasteiger partial charge in [0.05, 0.1) is 36.2 Å². The second-order valence-electron chi connectivity index (χ2n) is 7.05. The van der Waals surface area contributed by atoms with Crippen molar-refractivity contribution in [3.8, 4) is 5.75 Å². The van der Waals surface area contributed by atoms with Gasteiger partial charge in [0.15, 0.2) is 0 Å². The number of ether oxygens (including phenoxy) is 2. The fourth-order valence-electron chi connectivity index (χ4n) is 3.77. The molecule has 3 unspecified atom stereocenters. The van der Waals surface area contributed by atoms with Gasteiger partial charge in [-0.25, -0.2) is 4.39 Å². The molecule has 0 spiro atoms. The largest absolute Gasteiger partial charge is 0.491 e. The summed E-state index contributed by atoms with van der Waals surface area (Å²) in [6, 6.07) is 4.26. The molecule has 4 rings (SSSR count). The normalized spacial score (nSPS) is 30.0. The molecule has 1 aromatic carbocycles. The van der Waals surface area contributed by atoms with Crippen LogP contribution in [-0.2, 0) is 4.74 Å². The minimum absolute atomic E-state index is 0.0184. The minimum atomic E-state index is -0.337. The number of nitrogens with one attached hydrogen (secondary N) is 1. The molecule has 0 radical (unpaired) electrons. The minimum Gasteiger partial charge on any atom is -0.491 e. The third kappa shape index (κ3) is 3.52. The number of fused-ring (bicyclic) bond motifs is 1. The monoisotopic (exact) mass is 370 g/mol. The second kappa shape index (κ2) is 7.25. The standard InChI is InChI=1S/C20H23FN4O2/c1-12-10-25(7-8-26-12)17-11-27-18-9-13(21)5-6-14(18)20(17)24-16-4-2-3-15(22)19(16)23/h2-6,9,12,17,20,23H,7-8,10-11,22H2,1H3. The number of benzene rings is 1. The van der Waals surface area contributed by atoms with Gasteiger partial charge >= 0.3 is 0 Å². The van der Waals surface area contributed by atoms with Gasteiger partial charge < -0.3 is 15.2 Å². The Morgan fingerprint density at radius 2 is 2.22 bits per heavy atom. The summed E-state index contributed by atoms with van der Waals surface area (Å²) in [6.45, 7) is 4.67. The lowest BCUT2D eigenvalue weighted by Crippen LogP contribution is -2.52. The molecule has 3 N–H and O–H groups in total. The van der Waals surface area contributed by atoms with Crippen molar-refractivity contribution in [1.82, 2.24) is 4.90 Å². The van der Waals surface area contributed by atoms with Crippen molar-refractivity contribution in [3.05, 3.63) is 53.5 Å². The molecular weight excluding hydrogens is 347 g/mol. The van der Waals surface area contributed by atoms with Gasteiger partial charge in [-0.1, -0.05) is 12.1 Å². The van der Waals surface area contributed by atoms with Gasteiger partial charge in [0.1, 0.15) is 23.9 Å². The van der Waals surface area contributed by atoms with Gasteiger partial charge in [-0.2, -0.15) is 0 Å². The molecule has 1 saturated heterocycles. The Kier molecular flexibility index (Phi) is 4.80. The summed E-state index contributed by atoms with van der Waals surface area (Å²) < 4.78 is 25.2. The molecule has 0 amide bonds. The quantitative estimate of drug-likeness (QED) is 0.782. The molecule has 1 aromatic rings. The molecule has 6 nitrogen and oxygen atoms in total. The molecule has 142 valence electrons. The van der Waals surface area contributed by atoms with Crippen molar-refractivity contribution in [2.45, 2.75) is 25.1 Å². The zero-order valence-corrected chi connectivity index (χ0v) is 15.2. The van der Waals surface area contributed by atoms with Crippen molar-refractivity contribution in [2.75, 3.05) is 26.3 Å². The first kappa shape index (κ1) is 17.9. The highest BCUT2D eigenvalue weighted by atomic mass is 19.1. The fraction of sp³-hybridized carbons (Fsp3) is 0.400. The van der Waals surface area contributed by atoms with Crippen LogP contribution < -0.4 is 10.5 Å². The predicted octanol–water partition coefficient (Wildman–Crippen LogP) is 2.22. The van der Waals surface area contributed by atoms with E-state index in [4.69, 9.17) is 25.6 Å². The van der Waals surface area contributed by atoms with Gasteiger partial charge in [0.25, 0.3) is 0 Å². The Morgan fingerprint density at radius 3 is 3.04 bits per heavy atom. The number of nitrogens with zero attached hydrogens (tertiary/aromatic N) is 2. The average molecular weight is 370 g/mol. The lowest BCUT2D eigenvalue weighted by Gasteiger charge is -2.42. The van der Waals surface area contributed by atoms with Crippen LogP contribution in [0.5, 0.6) is 5.75 Å². The fourth-order valence-corrected chi connectivity index (χ4v) is 3.77. The number of allylic oxidation sites excluding steroid dienone is 4. The van der Waals surface area contributed by atoms with E-state index in [2.05, 4.69) is 4.90 Å². The van der Waals surface area contributed by atoms with E-state index in [1.54, 1.807) is 24.3 Å². The summed E-state index contributed by atoms with van der Waals surface area (Å²) in [7, 11) is 0. The Labute approximate surface area is 157 Å². The van der Waals surface area contributed by atoms with Crippen LogP contribution in [0.25, 0.3) is 0 Å². The van der Waals surface area contributed by atoms with Crippen molar-refractivity contribution in [2.24, 2.45) is 10.7 Å². The summed E-state index contributed by atoms with van der Waals surface area (Å²) in [5, 5.41) is 8.23. The smallest absolute Gasteiger partial charge is 0.127 e. The van der Waals surface area contributed by atoms with Crippen LogP contribution in [0.3, 0.4) is 0 Å². The Morgan fingerprint density at radius 1 is 1.37 bits per heavy atom. The zero-order chi connectivity index (χ0) is 19.0. The summed E-state index contributed by atoms with van der Waals surface area (Å²) in [4.78, 5) is 7.19. The second-order valence-corrected chi connectivity index (χ2v) is 7.05. The van der Waals surface area contributed by atoms with Crippen LogP contribution >= 0.6 is 0 Å². The van der Waals surface area contributed by atoms with Gasteiger partial charge in [0, 0.05) is 24.7 Å². The first-order valence-corrected chi connectivity index (χ1v) is 9.12. The zero-order valence-electron chi connectivity index (χ0n) is 15.2. The molecule has 2 heterocycles. The number of aliphatic imine (C=N–C) groups is 1. The van der Waals surface area contributed by atoms with Crippen LogP contribution in [0.1, 0.15) is 18.5 Å². The van der Waals surface area contributed by atoms with Crippen molar-refractivity contribution in [1.29, 1.82) is 5.41 Å². The summed E-state index contributed by atoms with van der Waals surface area (Å²) in [6.07, 6.45) is 5.41. The molecule has 2 aliphatic heterocycles. The van der Waals surface area contributed by atoms with Crippen LogP contribution in [0.2, 0.25) is 0 Å². The predicted molar refractivity (Wildman–Crippen MR) is 102 cm³/mol. The van der Waals surface area contributed by atoms with Gasteiger partial charge in [-0.3, -0.25) is 15.3 Å². The van der Waals surface area contributed by atoms with E-state index in [1.807, 2.05) is 6.92 Å². The topological polar surface area (TPSA) is 83.9 Å². The van der Waals surface area contributed by atoms with Crippen LogP contribution in [0.4, 0.5) is 4.39 Å². The number of halogens is 1. The van der Waals surface area contributed by atoms with Crippen LogP contribution in [0, 0.1) is 11.2 Å². The molecule has 3 atom stereocenters. The highest BCUT2D eigenvalue weighted by Gasteiger charge is 2.37.